The van der Waals surface area contributed by atoms with Crippen molar-refractivity contribution in [1.29, 1.82) is 0 Å². The Kier molecular flexibility index (Phi) is 2.27. The van der Waals surface area contributed by atoms with E-state index in [1.54, 1.807) is 6.07 Å². The first-order chi connectivity index (χ1) is 9.86. The molecule has 20 heavy (non-hydrogen) atoms. The fourth-order valence-electron chi connectivity index (χ4n) is 2.48. The van der Waals surface area contributed by atoms with Crippen LogP contribution in [0, 0.1) is 0 Å². The Morgan fingerprint density at radius 3 is 2.15 bits per heavy atom. The smallest absolute Gasteiger partial charge is 0.178 e. The van der Waals surface area contributed by atoms with Gasteiger partial charge in [0.05, 0.1) is 0 Å². The maximum absolute atomic E-state index is 11.3. The van der Waals surface area contributed by atoms with E-state index < -0.39 is 0 Å². The summed E-state index contributed by atoms with van der Waals surface area (Å²) < 4.78 is 11.8. The van der Waals surface area contributed by atoms with E-state index in [1.807, 2.05) is 48.5 Å². The normalized spacial score (nSPS) is 12.0. The zero-order chi connectivity index (χ0) is 13.5. The highest BCUT2D eigenvalue weighted by molar-refractivity contribution is 6.03. The number of carbonyl (C=O) groups is 1. The lowest BCUT2D eigenvalue weighted by Gasteiger charge is -2.22. The topological polar surface area (TPSA) is 35.5 Å². The number of aldehydes is 1. The second-order valence-electron chi connectivity index (χ2n) is 4.61. The Morgan fingerprint density at radius 2 is 1.40 bits per heavy atom. The van der Waals surface area contributed by atoms with Gasteiger partial charge in [-0.25, -0.2) is 0 Å². The summed E-state index contributed by atoms with van der Waals surface area (Å²) in [4.78, 5) is 11.3. The molecule has 3 aromatic rings. The molecule has 0 spiro atoms. The summed E-state index contributed by atoms with van der Waals surface area (Å²) in [5.41, 5.74) is 0.599. The first kappa shape index (κ1) is 11.1. The van der Waals surface area contributed by atoms with E-state index in [9.17, 15) is 4.79 Å². The summed E-state index contributed by atoms with van der Waals surface area (Å²) in [6.07, 6.45) is 0.840. The van der Waals surface area contributed by atoms with E-state index in [0.717, 1.165) is 17.1 Å². The highest BCUT2D eigenvalue weighted by Crippen LogP contribution is 2.48. The molecule has 3 aromatic carbocycles. The average molecular weight is 262 g/mol. The predicted octanol–water partition coefficient (Wildman–Crippen LogP) is 4.55. The van der Waals surface area contributed by atoms with Crippen molar-refractivity contribution in [2.45, 2.75) is 0 Å². The van der Waals surface area contributed by atoms with Gasteiger partial charge in [0.15, 0.2) is 29.3 Å². The number of fused-ring (bicyclic) bond motifs is 4. The summed E-state index contributed by atoms with van der Waals surface area (Å²) in [6.45, 7) is 0. The third-order valence-corrected chi connectivity index (χ3v) is 3.40. The van der Waals surface area contributed by atoms with Crippen LogP contribution in [0.4, 0.5) is 0 Å². The minimum absolute atomic E-state index is 0.574. The van der Waals surface area contributed by atoms with Crippen molar-refractivity contribution < 1.29 is 14.3 Å². The molecule has 0 aromatic heterocycles. The summed E-state index contributed by atoms with van der Waals surface area (Å²) in [7, 11) is 0. The Labute approximate surface area is 115 Å². The fourth-order valence-corrected chi connectivity index (χ4v) is 2.48. The Morgan fingerprint density at radius 1 is 0.750 bits per heavy atom. The van der Waals surface area contributed by atoms with Gasteiger partial charge in [-0.3, -0.25) is 4.79 Å². The van der Waals surface area contributed by atoms with Crippen LogP contribution in [-0.4, -0.2) is 6.29 Å². The minimum atomic E-state index is 0.574. The Balaban J connectivity index is 2.02. The molecule has 96 valence electrons. The van der Waals surface area contributed by atoms with E-state index in [4.69, 9.17) is 9.47 Å². The van der Waals surface area contributed by atoms with Crippen LogP contribution in [0.25, 0.3) is 10.8 Å². The van der Waals surface area contributed by atoms with Gasteiger partial charge in [-0.2, -0.15) is 0 Å². The van der Waals surface area contributed by atoms with Gasteiger partial charge in [-0.15, -0.1) is 0 Å². The SMILES string of the molecule is O=Cc1cc2c(c3ccccc13)Oc1ccccc1O2. The molecule has 0 aliphatic carbocycles. The zero-order valence-corrected chi connectivity index (χ0v) is 10.5. The Bertz CT molecular complexity index is 837. The standard InChI is InChI=1S/C17H10O3/c18-10-11-9-16-17(13-6-2-1-5-12(11)13)20-15-8-4-3-7-14(15)19-16/h1-10H. The molecule has 1 aliphatic heterocycles. The van der Waals surface area contributed by atoms with Crippen LogP contribution in [0.5, 0.6) is 23.0 Å². The number of ether oxygens (including phenoxy) is 2. The Hall–Kier alpha value is -2.81. The molecular formula is C17H10O3. The van der Waals surface area contributed by atoms with Gasteiger partial charge in [-0.05, 0) is 23.6 Å². The molecule has 0 radical (unpaired) electrons. The second kappa shape index (κ2) is 4.10. The molecule has 3 nitrogen and oxygen atoms in total. The summed E-state index contributed by atoms with van der Waals surface area (Å²) in [6, 6.07) is 16.9. The quantitative estimate of drug-likeness (QED) is 0.472. The van der Waals surface area contributed by atoms with Crippen molar-refractivity contribution in [3.8, 4) is 23.0 Å². The maximum atomic E-state index is 11.3. The van der Waals surface area contributed by atoms with E-state index in [1.165, 1.54) is 0 Å². The number of carbonyl (C=O) groups excluding carboxylic acids is 1. The van der Waals surface area contributed by atoms with Crippen molar-refractivity contribution in [2.24, 2.45) is 0 Å². The molecule has 1 heterocycles. The summed E-state index contributed by atoms with van der Waals surface area (Å²) >= 11 is 0. The van der Waals surface area contributed by atoms with Gasteiger partial charge >= 0.3 is 0 Å². The molecule has 0 saturated carbocycles. The molecule has 0 bridgehead atoms. The molecule has 3 heteroatoms. The molecule has 1 aliphatic rings. The lowest BCUT2D eigenvalue weighted by molar-refractivity contribution is 0.112. The molecule has 0 atom stereocenters. The van der Waals surface area contributed by atoms with Crippen molar-refractivity contribution in [3.63, 3.8) is 0 Å². The third kappa shape index (κ3) is 1.50. The van der Waals surface area contributed by atoms with Crippen molar-refractivity contribution >= 4 is 17.1 Å². The molecule has 0 saturated heterocycles. The number of benzene rings is 3. The van der Waals surface area contributed by atoms with Gasteiger partial charge in [-0.1, -0.05) is 36.4 Å². The molecular weight excluding hydrogens is 252 g/mol. The van der Waals surface area contributed by atoms with Gasteiger partial charge in [0.1, 0.15) is 0 Å². The van der Waals surface area contributed by atoms with Gasteiger partial charge in [0, 0.05) is 10.9 Å². The number of hydrogen-bond donors (Lipinski definition) is 0. The van der Waals surface area contributed by atoms with E-state index in [2.05, 4.69) is 0 Å². The van der Waals surface area contributed by atoms with Crippen molar-refractivity contribution in [3.05, 3.63) is 60.2 Å². The van der Waals surface area contributed by atoms with Crippen LogP contribution in [0.3, 0.4) is 0 Å². The third-order valence-electron chi connectivity index (χ3n) is 3.40. The molecule has 0 amide bonds. The van der Waals surface area contributed by atoms with Gasteiger partial charge < -0.3 is 9.47 Å². The first-order valence-electron chi connectivity index (χ1n) is 6.32. The molecule has 0 N–H and O–H groups in total. The van der Waals surface area contributed by atoms with Crippen molar-refractivity contribution in [1.82, 2.24) is 0 Å². The van der Waals surface area contributed by atoms with Crippen LogP contribution in [0.2, 0.25) is 0 Å². The van der Waals surface area contributed by atoms with Crippen LogP contribution < -0.4 is 9.47 Å². The zero-order valence-electron chi connectivity index (χ0n) is 10.5. The molecule has 4 rings (SSSR count). The van der Waals surface area contributed by atoms with E-state index in [-0.39, 0.29) is 0 Å². The summed E-state index contributed by atoms with van der Waals surface area (Å²) in [5, 5.41) is 1.74. The average Bonchev–Trinajstić information content (AvgIpc) is 2.52. The largest absolute Gasteiger partial charge is 0.449 e. The molecule has 0 fully saturated rings. The van der Waals surface area contributed by atoms with Crippen LogP contribution in [-0.2, 0) is 0 Å². The number of hydrogen-bond acceptors (Lipinski definition) is 3. The maximum Gasteiger partial charge on any atom is 0.178 e. The van der Waals surface area contributed by atoms with Crippen LogP contribution in [0.1, 0.15) is 10.4 Å². The molecule has 0 unspecified atom stereocenters. The van der Waals surface area contributed by atoms with Gasteiger partial charge in [0.2, 0.25) is 0 Å². The predicted molar refractivity (Wildman–Crippen MR) is 75.9 cm³/mol. The second-order valence-corrected chi connectivity index (χ2v) is 4.61. The van der Waals surface area contributed by atoms with Crippen molar-refractivity contribution in [2.75, 3.05) is 0 Å². The first-order valence-corrected chi connectivity index (χ1v) is 6.32. The highest BCUT2D eigenvalue weighted by Gasteiger charge is 2.22. The fraction of sp³-hybridized carbons (Fsp3) is 0. The van der Waals surface area contributed by atoms with E-state index in [0.29, 0.717) is 28.6 Å². The monoisotopic (exact) mass is 262 g/mol. The highest BCUT2D eigenvalue weighted by atomic mass is 16.6. The lowest BCUT2D eigenvalue weighted by Crippen LogP contribution is -2.00. The summed E-state index contributed by atoms with van der Waals surface area (Å²) in [5.74, 6) is 2.57. The minimum Gasteiger partial charge on any atom is -0.449 e. The number of rotatable bonds is 1. The number of para-hydroxylation sites is 2. The van der Waals surface area contributed by atoms with Crippen LogP contribution >= 0.6 is 0 Å². The lowest BCUT2D eigenvalue weighted by atomic mass is 10.0. The van der Waals surface area contributed by atoms with Crippen LogP contribution in [0.15, 0.2) is 54.6 Å². The van der Waals surface area contributed by atoms with E-state index >= 15 is 0 Å². The van der Waals surface area contributed by atoms with Gasteiger partial charge in [0.25, 0.3) is 0 Å².